The first-order valence-electron chi connectivity index (χ1n) is 8.64. The zero-order valence-corrected chi connectivity index (χ0v) is 17.0. The third-order valence-corrected chi connectivity index (χ3v) is 7.45. The Bertz CT molecular complexity index is 854. The second kappa shape index (κ2) is 9.14. The summed E-state index contributed by atoms with van der Waals surface area (Å²) >= 11 is 7.48. The molecule has 1 amide bonds. The van der Waals surface area contributed by atoms with Crippen LogP contribution in [0.4, 0.5) is 0 Å². The Morgan fingerprint density at radius 3 is 2.78 bits per heavy atom. The zero-order valence-electron chi connectivity index (χ0n) is 14.6. The lowest BCUT2D eigenvalue weighted by Crippen LogP contribution is -2.46. The number of furan rings is 1. The number of benzene rings is 1. The van der Waals surface area contributed by atoms with Crippen molar-refractivity contribution in [2.24, 2.45) is 0 Å². The first-order chi connectivity index (χ1) is 13.0. The first-order valence-corrected chi connectivity index (χ1v) is 11.6. The lowest BCUT2D eigenvalue weighted by Gasteiger charge is -2.23. The van der Waals surface area contributed by atoms with Crippen LogP contribution in [0.15, 0.2) is 52.0 Å². The van der Waals surface area contributed by atoms with Crippen LogP contribution in [-0.2, 0) is 20.6 Å². The number of halogens is 1. The van der Waals surface area contributed by atoms with E-state index >= 15 is 0 Å². The van der Waals surface area contributed by atoms with E-state index in [0.29, 0.717) is 31.0 Å². The molecule has 0 spiro atoms. The van der Waals surface area contributed by atoms with Gasteiger partial charge >= 0.3 is 0 Å². The summed E-state index contributed by atoms with van der Waals surface area (Å²) in [6.45, 7) is 0.825. The van der Waals surface area contributed by atoms with Crippen molar-refractivity contribution in [2.45, 2.75) is 29.5 Å². The molecule has 1 saturated heterocycles. The highest BCUT2D eigenvalue weighted by Gasteiger charge is 2.39. The molecule has 0 bridgehead atoms. The number of carbonyl (C=O) groups excluding carboxylic acids is 1. The summed E-state index contributed by atoms with van der Waals surface area (Å²) in [4.78, 5) is 12.7. The molecule has 2 aromatic rings. The summed E-state index contributed by atoms with van der Waals surface area (Å²) in [6.07, 6.45) is 2.82. The molecule has 1 atom stereocenters. The quantitative estimate of drug-likeness (QED) is 0.653. The summed E-state index contributed by atoms with van der Waals surface area (Å²) in [5.41, 5.74) is 0. The predicted octanol–water partition coefficient (Wildman–Crippen LogP) is 3.14. The minimum atomic E-state index is -3.72. The Hall–Kier alpha value is -1.48. The third kappa shape index (κ3) is 5.07. The average molecular weight is 429 g/mol. The van der Waals surface area contributed by atoms with Crippen LogP contribution in [0.25, 0.3) is 0 Å². The van der Waals surface area contributed by atoms with Crippen LogP contribution < -0.4 is 5.32 Å². The Kier molecular flexibility index (Phi) is 6.86. The van der Waals surface area contributed by atoms with Crippen molar-refractivity contribution in [1.29, 1.82) is 0 Å². The minimum Gasteiger partial charge on any atom is -0.468 e. The Morgan fingerprint density at radius 1 is 1.30 bits per heavy atom. The molecule has 0 saturated carbocycles. The summed E-state index contributed by atoms with van der Waals surface area (Å²) in [5, 5.41) is 3.32. The molecule has 1 fully saturated rings. The van der Waals surface area contributed by atoms with E-state index in [4.69, 9.17) is 16.0 Å². The topological polar surface area (TPSA) is 79.6 Å². The normalized spacial score (nSPS) is 17.9. The van der Waals surface area contributed by atoms with Crippen LogP contribution >= 0.6 is 23.4 Å². The molecule has 27 heavy (non-hydrogen) atoms. The molecule has 0 unspecified atom stereocenters. The van der Waals surface area contributed by atoms with E-state index in [1.807, 2.05) is 12.1 Å². The van der Waals surface area contributed by atoms with E-state index in [2.05, 4.69) is 5.32 Å². The maximum atomic E-state index is 12.9. The van der Waals surface area contributed by atoms with Gasteiger partial charge in [0.05, 0.1) is 16.9 Å². The molecule has 1 N–H and O–H groups in total. The summed E-state index contributed by atoms with van der Waals surface area (Å²) in [7, 11) is -3.72. The lowest BCUT2D eigenvalue weighted by atomic mass is 10.2. The monoisotopic (exact) mass is 428 g/mol. The number of thioether (sulfide) groups is 1. The number of sulfonamides is 1. The third-order valence-electron chi connectivity index (χ3n) is 4.30. The van der Waals surface area contributed by atoms with Gasteiger partial charge in [-0.25, -0.2) is 8.42 Å². The van der Waals surface area contributed by atoms with Crippen molar-refractivity contribution in [2.75, 3.05) is 18.8 Å². The van der Waals surface area contributed by atoms with Gasteiger partial charge in [-0.3, -0.25) is 4.79 Å². The van der Waals surface area contributed by atoms with Crippen molar-refractivity contribution in [3.63, 3.8) is 0 Å². The van der Waals surface area contributed by atoms with Crippen LogP contribution in [0.1, 0.15) is 18.6 Å². The van der Waals surface area contributed by atoms with Crippen molar-refractivity contribution in [1.82, 2.24) is 9.62 Å². The number of hydrogen-bond donors (Lipinski definition) is 1. The smallest absolute Gasteiger partial charge is 0.243 e. The van der Waals surface area contributed by atoms with E-state index in [9.17, 15) is 13.2 Å². The van der Waals surface area contributed by atoms with Gasteiger partial charge in [-0.15, -0.1) is 0 Å². The fourth-order valence-electron chi connectivity index (χ4n) is 2.96. The van der Waals surface area contributed by atoms with Crippen LogP contribution in [0.2, 0.25) is 5.02 Å². The molecule has 1 aromatic carbocycles. The number of hydrogen-bond acceptors (Lipinski definition) is 5. The van der Waals surface area contributed by atoms with Gasteiger partial charge in [0.2, 0.25) is 15.9 Å². The van der Waals surface area contributed by atoms with Crippen LogP contribution in [-0.4, -0.2) is 43.5 Å². The highest BCUT2D eigenvalue weighted by molar-refractivity contribution is 7.98. The van der Waals surface area contributed by atoms with Crippen molar-refractivity contribution in [3.05, 3.63) is 53.4 Å². The van der Waals surface area contributed by atoms with Gasteiger partial charge in [0.15, 0.2) is 0 Å². The molecule has 146 valence electrons. The summed E-state index contributed by atoms with van der Waals surface area (Å²) < 4.78 is 32.3. The number of carbonyl (C=O) groups is 1. The fraction of sp³-hybridized carbons (Fsp3) is 0.389. The van der Waals surface area contributed by atoms with Gasteiger partial charge in [-0.2, -0.15) is 16.1 Å². The van der Waals surface area contributed by atoms with Gasteiger partial charge in [0.25, 0.3) is 0 Å². The number of nitrogens with one attached hydrogen (secondary N) is 1. The Labute approximate surface area is 168 Å². The van der Waals surface area contributed by atoms with Gasteiger partial charge in [-0.05, 0) is 49.2 Å². The van der Waals surface area contributed by atoms with E-state index in [1.165, 1.54) is 28.6 Å². The number of nitrogens with zero attached hydrogens (tertiary/aromatic N) is 1. The zero-order chi connectivity index (χ0) is 19.3. The molecule has 0 aliphatic carbocycles. The summed E-state index contributed by atoms with van der Waals surface area (Å²) in [5.74, 6) is 2.11. The Morgan fingerprint density at radius 2 is 2.07 bits per heavy atom. The van der Waals surface area contributed by atoms with Crippen molar-refractivity contribution >= 4 is 39.3 Å². The van der Waals surface area contributed by atoms with Crippen molar-refractivity contribution < 1.29 is 17.6 Å². The molecule has 1 aliphatic heterocycles. The van der Waals surface area contributed by atoms with Gasteiger partial charge in [-0.1, -0.05) is 11.6 Å². The highest BCUT2D eigenvalue weighted by Crippen LogP contribution is 2.27. The highest BCUT2D eigenvalue weighted by atomic mass is 35.5. The van der Waals surface area contributed by atoms with Crippen molar-refractivity contribution in [3.8, 4) is 0 Å². The van der Waals surface area contributed by atoms with Gasteiger partial charge in [0, 0.05) is 23.9 Å². The molecule has 1 aliphatic rings. The van der Waals surface area contributed by atoms with E-state index in [1.54, 1.807) is 18.0 Å². The first kappa shape index (κ1) is 20.3. The molecule has 6 nitrogen and oxygen atoms in total. The second-order valence-corrected chi connectivity index (χ2v) is 9.58. The molecule has 9 heteroatoms. The maximum Gasteiger partial charge on any atom is 0.243 e. The van der Waals surface area contributed by atoms with E-state index in [0.717, 1.165) is 17.3 Å². The predicted molar refractivity (Wildman–Crippen MR) is 106 cm³/mol. The minimum absolute atomic E-state index is 0.153. The molecule has 2 heterocycles. The Balaban J connectivity index is 1.53. The SMILES string of the molecule is O=C(NCCSCc1ccco1)[C@H]1CCCN1S(=O)(=O)c1ccc(Cl)cc1. The second-order valence-electron chi connectivity index (χ2n) is 6.15. The fourth-order valence-corrected chi connectivity index (χ4v) is 5.50. The number of rotatable bonds is 8. The largest absolute Gasteiger partial charge is 0.468 e. The standard InChI is InChI=1S/C18H21ClN2O4S2/c19-14-5-7-16(8-6-14)27(23,24)21-10-1-4-17(21)18(22)20-9-12-26-13-15-3-2-11-25-15/h2-3,5-8,11,17H,1,4,9-10,12-13H2,(H,20,22)/t17-/m1/s1. The molecular formula is C18H21ClN2O4S2. The average Bonchev–Trinajstić information content (AvgIpc) is 3.33. The van der Waals surface area contributed by atoms with E-state index < -0.39 is 16.1 Å². The molecule has 0 radical (unpaired) electrons. The van der Waals surface area contributed by atoms with Gasteiger partial charge in [0.1, 0.15) is 11.8 Å². The number of amides is 1. The van der Waals surface area contributed by atoms with Crippen LogP contribution in [0, 0.1) is 0 Å². The van der Waals surface area contributed by atoms with Crippen LogP contribution in [0.5, 0.6) is 0 Å². The molecular weight excluding hydrogens is 408 g/mol. The molecule has 3 rings (SSSR count). The molecule has 1 aromatic heterocycles. The van der Waals surface area contributed by atoms with Crippen LogP contribution in [0.3, 0.4) is 0 Å². The van der Waals surface area contributed by atoms with E-state index in [-0.39, 0.29) is 10.8 Å². The lowest BCUT2D eigenvalue weighted by molar-refractivity contribution is -0.124. The maximum absolute atomic E-state index is 12.9. The summed E-state index contributed by atoms with van der Waals surface area (Å²) in [6, 6.07) is 9.09. The van der Waals surface area contributed by atoms with Gasteiger partial charge < -0.3 is 9.73 Å².